The van der Waals surface area contributed by atoms with E-state index in [-0.39, 0.29) is 28.9 Å². The van der Waals surface area contributed by atoms with E-state index < -0.39 is 4.92 Å². The molecule has 1 fully saturated rings. The largest absolute Gasteiger partial charge is 0.346 e. The van der Waals surface area contributed by atoms with Crippen LogP contribution in [-0.4, -0.2) is 29.5 Å². The average molecular weight is 306 g/mol. The van der Waals surface area contributed by atoms with Gasteiger partial charge in [0.2, 0.25) is 0 Å². The van der Waals surface area contributed by atoms with Crippen molar-refractivity contribution in [2.45, 2.75) is 25.3 Å². The van der Waals surface area contributed by atoms with Crippen molar-refractivity contribution in [1.29, 1.82) is 0 Å². The molecule has 19 heavy (non-hydrogen) atoms. The maximum Gasteiger partial charge on any atom is 0.324 e. The highest BCUT2D eigenvalue weighted by molar-refractivity contribution is 7.17. The first kappa shape index (κ1) is 15.9. The maximum atomic E-state index is 12.0. The van der Waals surface area contributed by atoms with Gasteiger partial charge in [-0.05, 0) is 38.9 Å². The lowest BCUT2D eigenvalue weighted by atomic mass is 9.90. The topological polar surface area (TPSA) is 84.3 Å². The van der Waals surface area contributed by atoms with Crippen LogP contribution in [0, 0.1) is 10.1 Å². The molecule has 0 radical (unpaired) electrons. The Morgan fingerprint density at radius 3 is 2.63 bits per heavy atom. The zero-order valence-electron chi connectivity index (χ0n) is 10.5. The Bertz CT molecular complexity index is 472. The van der Waals surface area contributed by atoms with Crippen LogP contribution in [0.15, 0.2) is 12.1 Å². The quantitative estimate of drug-likeness (QED) is 0.660. The molecule has 1 aromatic rings. The number of thiophene rings is 1. The first-order valence-electron chi connectivity index (χ1n) is 5.78. The summed E-state index contributed by atoms with van der Waals surface area (Å²) in [5.41, 5.74) is -0.221. The van der Waals surface area contributed by atoms with Crippen molar-refractivity contribution in [3.05, 3.63) is 27.1 Å². The van der Waals surface area contributed by atoms with Crippen LogP contribution in [0.4, 0.5) is 5.00 Å². The number of nitrogens with zero attached hydrogens (tertiary/aromatic N) is 1. The Morgan fingerprint density at radius 1 is 1.47 bits per heavy atom. The molecule has 0 aliphatic carbocycles. The van der Waals surface area contributed by atoms with Gasteiger partial charge in [-0.2, -0.15) is 0 Å². The van der Waals surface area contributed by atoms with Crippen molar-refractivity contribution in [3.8, 4) is 0 Å². The van der Waals surface area contributed by atoms with E-state index in [1.165, 1.54) is 12.1 Å². The molecule has 2 heterocycles. The highest BCUT2D eigenvalue weighted by Crippen LogP contribution is 2.25. The number of hydrogen-bond donors (Lipinski definition) is 2. The van der Waals surface area contributed by atoms with Crippen LogP contribution in [-0.2, 0) is 0 Å². The molecule has 106 valence electrons. The van der Waals surface area contributed by atoms with Gasteiger partial charge in [-0.15, -0.1) is 12.4 Å². The SMILES string of the molecule is CC1(NC(=O)c2ccc([N+](=O)[O-])s2)CCNCC1.Cl. The molecule has 8 heteroatoms. The summed E-state index contributed by atoms with van der Waals surface area (Å²) in [6, 6.07) is 2.87. The molecular weight excluding hydrogens is 290 g/mol. The minimum atomic E-state index is -0.478. The second kappa shape index (κ2) is 6.31. The van der Waals surface area contributed by atoms with Gasteiger partial charge in [-0.3, -0.25) is 14.9 Å². The monoisotopic (exact) mass is 305 g/mol. The lowest BCUT2D eigenvalue weighted by molar-refractivity contribution is -0.380. The smallest absolute Gasteiger partial charge is 0.324 e. The number of nitrogens with one attached hydrogen (secondary N) is 2. The molecule has 1 aliphatic heterocycles. The van der Waals surface area contributed by atoms with Crippen molar-refractivity contribution < 1.29 is 9.72 Å². The average Bonchev–Trinajstić information content (AvgIpc) is 2.78. The van der Waals surface area contributed by atoms with E-state index in [1.807, 2.05) is 6.92 Å². The van der Waals surface area contributed by atoms with E-state index in [0.29, 0.717) is 4.88 Å². The van der Waals surface area contributed by atoms with Gasteiger partial charge < -0.3 is 10.6 Å². The van der Waals surface area contributed by atoms with E-state index in [2.05, 4.69) is 10.6 Å². The number of rotatable bonds is 3. The summed E-state index contributed by atoms with van der Waals surface area (Å²) in [6.07, 6.45) is 1.73. The van der Waals surface area contributed by atoms with E-state index in [1.54, 1.807) is 0 Å². The van der Waals surface area contributed by atoms with Gasteiger partial charge in [0, 0.05) is 11.6 Å². The summed E-state index contributed by atoms with van der Waals surface area (Å²) in [5, 5.41) is 16.8. The first-order chi connectivity index (χ1) is 8.50. The fourth-order valence-corrected chi connectivity index (χ4v) is 2.70. The second-order valence-electron chi connectivity index (χ2n) is 4.66. The third-order valence-corrected chi connectivity index (χ3v) is 4.15. The molecule has 0 saturated carbocycles. The molecular formula is C11H16ClN3O3S. The van der Waals surface area contributed by atoms with Crippen LogP contribution in [0.2, 0.25) is 0 Å². The minimum Gasteiger partial charge on any atom is -0.346 e. The fourth-order valence-electron chi connectivity index (χ4n) is 1.99. The molecule has 1 aromatic heterocycles. The van der Waals surface area contributed by atoms with Gasteiger partial charge in [-0.1, -0.05) is 11.3 Å². The molecule has 2 N–H and O–H groups in total. The third kappa shape index (κ3) is 3.89. The summed E-state index contributed by atoms with van der Waals surface area (Å²) >= 11 is 0.910. The molecule has 0 spiro atoms. The molecule has 0 atom stereocenters. The van der Waals surface area contributed by atoms with Crippen molar-refractivity contribution in [2.75, 3.05) is 13.1 Å². The van der Waals surface area contributed by atoms with Crippen molar-refractivity contribution >= 4 is 34.7 Å². The van der Waals surface area contributed by atoms with Crippen LogP contribution < -0.4 is 10.6 Å². The standard InChI is InChI=1S/C11H15N3O3S.ClH/c1-11(4-6-12-7-5-11)13-10(15)8-2-3-9(18-8)14(16)17;/h2-3,12H,4-7H2,1H3,(H,13,15);1H. The van der Waals surface area contributed by atoms with Crippen LogP contribution in [0.1, 0.15) is 29.4 Å². The van der Waals surface area contributed by atoms with Crippen molar-refractivity contribution in [3.63, 3.8) is 0 Å². The van der Waals surface area contributed by atoms with Gasteiger partial charge in [-0.25, -0.2) is 0 Å². The van der Waals surface area contributed by atoms with Gasteiger partial charge in [0.05, 0.1) is 9.80 Å². The van der Waals surface area contributed by atoms with E-state index in [4.69, 9.17) is 0 Å². The highest BCUT2D eigenvalue weighted by atomic mass is 35.5. The molecule has 0 unspecified atom stereocenters. The molecule has 1 amide bonds. The van der Waals surface area contributed by atoms with Crippen LogP contribution in [0.3, 0.4) is 0 Å². The fraction of sp³-hybridized carbons (Fsp3) is 0.545. The van der Waals surface area contributed by atoms with E-state index in [9.17, 15) is 14.9 Å². The number of carbonyl (C=O) groups is 1. The first-order valence-corrected chi connectivity index (χ1v) is 6.59. The van der Waals surface area contributed by atoms with Crippen LogP contribution in [0.25, 0.3) is 0 Å². The molecule has 0 aromatic carbocycles. The highest BCUT2D eigenvalue weighted by Gasteiger charge is 2.29. The lowest BCUT2D eigenvalue weighted by Gasteiger charge is -2.34. The third-order valence-electron chi connectivity index (χ3n) is 3.12. The summed E-state index contributed by atoms with van der Waals surface area (Å²) in [6.45, 7) is 3.76. The molecule has 1 aliphatic rings. The van der Waals surface area contributed by atoms with Gasteiger partial charge in [0.1, 0.15) is 0 Å². The second-order valence-corrected chi connectivity index (χ2v) is 5.72. The number of piperidine rings is 1. The number of hydrogen-bond acceptors (Lipinski definition) is 5. The van der Waals surface area contributed by atoms with E-state index in [0.717, 1.165) is 37.3 Å². The summed E-state index contributed by atoms with van der Waals surface area (Å²) < 4.78 is 0. The van der Waals surface area contributed by atoms with Gasteiger partial charge >= 0.3 is 5.00 Å². The molecule has 2 rings (SSSR count). The number of halogens is 1. The Kier molecular flexibility index (Phi) is 5.28. The zero-order chi connectivity index (χ0) is 13.2. The van der Waals surface area contributed by atoms with Crippen LogP contribution in [0.5, 0.6) is 0 Å². The Hall–Kier alpha value is -1.18. The Balaban J connectivity index is 0.00000180. The zero-order valence-corrected chi connectivity index (χ0v) is 12.1. The lowest BCUT2D eigenvalue weighted by Crippen LogP contribution is -2.52. The maximum absolute atomic E-state index is 12.0. The van der Waals surface area contributed by atoms with Gasteiger partial charge in [0.15, 0.2) is 0 Å². The Morgan fingerprint density at radius 2 is 2.11 bits per heavy atom. The van der Waals surface area contributed by atoms with Gasteiger partial charge in [0.25, 0.3) is 5.91 Å². The number of amides is 1. The summed E-state index contributed by atoms with van der Waals surface area (Å²) in [5.74, 6) is -0.225. The summed E-state index contributed by atoms with van der Waals surface area (Å²) in [7, 11) is 0. The van der Waals surface area contributed by atoms with Crippen molar-refractivity contribution in [1.82, 2.24) is 10.6 Å². The van der Waals surface area contributed by atoms with E-state index >= 15 is 0 Å². The van der Waals surface area contributed by atoms with Crippen molar-refractivity contribution in [2.24, 2.45) is 0 Å². The molecule has 6 nitrogen and oxygen atoms in total. The van der Waals surface area contributed by atoms with Crippen LogP contribution >= 0.6 is 23.7 Å². The summed E-state index contributed by atoms with van der Waals surface area (Å²) in [4.78, 5) is 22.5. The molecule has 1 saturated heterocycles. The molecule has 0 bridgehead atoms. The Labute approximate surface area is 121 Å². The normalized spacial score (nSPS) is 17.3. The minimum absolute atomic E-state index is 0. The number of carbonyl (C=O) groups excluding carboxylic acids is 1. The predicted octanol–water partition coefficient (Wildman–Crippen LogP) is 1.95. The predicted molar refractivity (Wildman–Crippen MR) is 76.2 cm³/mol. The number of nitro groups is 1.